The van der Waals surface area contributed by atoms with Crippen molar-refractivity contribution in [2.45, 2.75) is 32.4 Å². The van der Waals surface area contributed by atoms with E-state index < -0.39 is 0 Å². The fourth-order valence-electron chi connectivity index (χ4n) is 2.27. The molecule has 2 atom stereocenters. The molecular weight excluding hydrogens is 282 g/mol. The number of furan rings is 1. The van der Waals surface area contributed by atoms with Crippen LogP contribution in [0.25, 0.3) is 0 Å². The molecule has 1 fully saturated rings. The molecule has 2 aromatic heterocycles. The Hall–Kier alpha value is -0.910. The minimum Gasteiger partial charge on any atom is -0.464 e. The third-order valence-corrected chi connectivity index (χ3v) is 4.50. The Balaban J connectivity index is 1.58. The second kappa shape index (κ2) is 5.23. The van der Waals surface area contributed by atoms with Gasteiger partial charge in [0, 0.05) is 24.0 Å². The molecule has 0 radical (unpaired) electrons. The summed E-state index contributed by atoms with van der Waals surface area (Å²) in [7, 11) is 2.03. The van der Waals surface area contributed by atoms with Gasteiger partial charge in [0.05, 0.1) is 6.54 Å². The topological polar surface area (TPSA) is 42.2 Å². The van der Waals surface area contributed by atoms with Crippen molar-refractivity contribution in [3.8, 4) is 0 Å². The third kappa shape index (κ3) is 2.99. The molecule has 0 spiro atoms. The molecule has 19 heavy (non-hydrogen) atoms. The quantitative estimate of drug-likeness (QED) is 0.846. The lowest BCUT2D eigenvalue weighted by atomic mass is 10.3. The molecule has 102 valence electrons. The summed E-state index contributed by atoms with van der Waals surface area (Å²) in [6.45, 7) is 3.70. The van der Waals surface area contributed by atoms with Crippen LogP contribution in [0.1, 0.15) is 36.5 Å². The predicted molar refractivity (Wildman–Crippen MR) is 75.3 cm³/mol. The van der Waals surface area contributed by atoms with Crippen LogP contribution in [0.3, 0.4) is 0 Å². The van der Waals surface area contributed by atoms with E-state index in [1.807, 2.05) is 7.05 Å². The maximum atomic E-state index is 6.00. The summed E-state index contributed by atoms with van der Waals surface area (Å²) in [5.74, 6) is 3.54. The highest BCUT2D eigenvalue weighted by Crippen LogP contribution is 2.47. The molecule has 2 aromatic rings. The molecule has 1 saturated carbocycles. The van der Waals surface area contributed by atoms with Crippen molar-refractivity contribution in [1.82, 2.24) is 14.5 Å². The summed E-state index contributed by atoms with van der Waals surface area (Å²) >= 11 is 7.22. The summed E-state index contributed by atoms with van der Waals surface area (Å²) in [5.41, 5.74) is 0.830. The average Bonchev–Trinajstić information content (AvgIpc) is 2.75. The summed E-state index contributed by atoms with van der Waals surface area (Å²) in [6, 6.07) is 4.17. The van der Waals surface area contributed by atoms with Crippen molar-refractivity contribution in [1.29, 1.82) is 0 Å². The van der Waals surface area contributed by atoms with Crippen LogP contribution >= 0.6 is 23.1 Å². The van der Waals surface area contributed by atoms with Crippen molar-refractivity contribution in [3.63, 3.8) is 0 Å². The maximum Gasteiger partial charge on any atom is 0.138 e. The van der Waals surface area contributed by atoms with Crippen molar-refractivity contribution in [2.75, 3.05) is 7.05 Å². The molecule has 0 bridgehead atoms. The van der Waals surface area contributed by atoms with Gasteiger partial charge < -0.3 is 4.42 Å². The fraction of sp³-hybridized carbons (Fsp3) is 0.538. The standard InChI is InChI=1S/C13H16ClN3OS/c1-8-5-10(8)12-4-3-9(18-12)6-17(2)7-11-13(14)19-16-15-11/h3-4,8,10H,5-7H2,1-2H3/t8-,10+/m0/s1. The summed E-state index contributed by atoms with van der Waals surface area (Å²) < 4.78 is 10.4. The molecule has 2 heterocycles. The number of nitrogens with zero attached hydrogens (tertiary/aromatic N) is 3. The number of hydrogen-bond acceptors (Lipinski definition) is 5. The molecule has 0 aromatic carbocycles. The molecule has 0 unspecified atom stereocenters. The van der Waals surface area contributed by atoms with Crippen LogP contribution in [-0.4, -0.2) is 21.5 Å². The Morgan fingerprint density at radius 1 is 1.47 bits per heavy atom. The fourth-order valence-corrected chi connectivity index (χ4v) is 2.88. The van der Waals surface area contributed by atoms with Gasteiger partial charge in [-0.25, -0.2) is 0 Å². The van der Waals surface area contributed by atoms with Crippen molar-refractivity contribution in [2.24, 2.45) is 5.92 Å². The van der Waals surface area contributed by atoms with Crippen LogP contribution in [-0.2, 0) is 13.1 Å². The van der Waals surface area contributed by atoms with Gasteiger partial charge >= 0.3 is 0 Å². The normalized spacial score (nSPS) is 22.1. The molecule has 0 saturated heterocycles. The third-order valence-electron chi connectivity index (χ3n) is 3.51. The van der Waals surface area contributed by atoms with E-state index in [-0.39, 0.29) is 0 Å². The number of hydrogen-bond donors (Lipinski definition) is 0. The average molecular weight is 298 g/mol. The predicted octanol–water partition coefficient (Wildman–Crippen LogP) is 3.54. The Bertz CT molecular complexity index is 568. The highest BCUT2D eigenvalue weighted by atomic mass is 35.5. The highest BCUT2D eigenvalue weighted by Gasteiger charge is 2.36. The Kier molecular flexibility index (Phi) is 3.60. The SMILES string of the molecule is C[C@H]1C[C@H]1c1ccc(CN(C)Cc2nnsc2Cl)o1. The van der Waals surface area contributed by atoms with E-state index in [2.05, 4.69) is 33.5 Å². The Morgan fingerprint density at radius 2 is 2.26 bits per heavy atom. The van der Waals surface area contributed by atoms with Gasteiger partial charge in [-0.1, -0.05) is 23.0 Å². The Labute approximate surface area is 121 Å². The molecular formula is C13H16ClN3OS. The summed E-state index contributed by atoms with van der Waals surface area (Å²) in [4.78, 5) is 2.13. The molecule has 1 aliphatic carbocycles. The van der Waals surface area contributed by atoms with Crippen molar-refractivity contribution in [3.05, 3.63) is 33.7 Å². The monoisotopic (exact) mass is 297 g/mol. The molecule has 0 N–H and O–H groups in total. The smallest absolute Gasteiger partial charge is 0.138 e. The van der Waals surface area contributed by atoms with Gasteiger partial charge in [-0.15, -0.1) is 5.10 Å². The molecule has 0 amide bonds. The molecule has 3 rings (SSSR count). The number of aromatic nitrogens is 2. The van der Waals surface area contributed by atoms with Crippen LogP contribution < -0.4 is 0 Å². The summed E-state index contributed by atoms with van der Waals surface area (Å²) in [6.07, 6.45) is 1.25. The number of halogens is 1. The van der Waals surface area contributed by atoms with Crippen LogP contribution in [0.5, 0.6) is 0 Å². The largest absolute Gasteiger partial charge is 0.464 e. The van der Waals surface area contributed by atoms with Crippen LogP contribution in [0.2, 0.25) is 4.34 Å². The van der Waals surface area contributed by atoms with E-state index >= 15 is 0 Å². The first-order valence-corrected chi connectivity index (χ1v) is 7.52. The zero-order valence-electron chi connectivity index (χ0n) is 11.0. The van der Waals surface area contributed by atoms with E-state index in [1.165, 1.54) is 18.0 Å². The minimum absolute atomic E-state index is 0.635. The van der Waals surface area contributed by atoms with Gasteiger partial charge in [0.1, 0.15) is 21.6 Å². The first-order chi connectivity index (χ1) is 9.13. The van der Waals surface area contributed by atoms with Gasteiger partial charge in [0.15, 0.2) is 0 Å². The lowest BCUT2D eigenvalue weighted by Gasteiger charge is -2.13. The second-order valence-corrected chi connectivity index (χ2v) is 6.65. The lowest BCUT2D eigenvalue weighted by molar-refractivity contribution is 0.280. The van der Waals surface area contributed by atoms with E-state index in [1.54, 1.807) is 0 Å². The van der Waals surface area contributed by atoms with Crippen LogP contribution in [0, 0.1) is 5.92 Å². The Morgan fingerprint density at radius 3 is 2.89 bits per heavy atom. The zero-order chi connectivity index (χ0) is 13.4. The molecule has 6 heteroatoms. The maximum absolute atomic E-state index is 6.00. The first-order valence-electron chi connectivity index (χ1n) is 6.37. The first kappa shape index (κ1) is 13.1. The van der Waals surface area contributed by atoms with Crippen molar-refractivity contribution >= 4 is 23.1 Å². The van der Waals surface area contributed by atoms with Gasteiger partial charge in [-0.2, -0.15) is 0 Å². The van der Waals surface area contributed by atoms with Gasteiger partial charge in [-0.05, 0) is 31.5 Å². The van der Waals surface area contributed by atoms with E-state index in [0.29, 0.717) is 16.8 Å². The van der Waals surface area contributed by atoms with Gasteiger partial charge in [0.25, 0.3) is 0 Å². The van der Waals surface area contributed by atoms with Gasteiger partial charge in [0.2, 0.25) is 0 Å². The van der Waals surface area contributed by atoms with E-state index in [0.717, 1.165) is 29.7 Å². The van der Waals surface area contributed by atoms with Gasteiger partial charge in [-0.3, -0.25) is 4.90 Å². The molecule has 4 nitrogen and oxygen atoms in total. The second-order valence-electron chi connectivity index (χ2n) is 5.29. The lowest BCUT2D eigenvalue weighted by Crippen LogP contribution is -2.17. The molecule has 1 aliphatic rings. The van der Waals surface area contributed by atoms with Crippen LogP contribution in [0.15, 0.2) is 16.5 Å². The van der Waals surface area contributed by atoms with Crippen molar-refractivity contribution < 1.29 is 4.42 Å². The van der Waals surface area contributed by atoms with E-state index in [9.17, 15) is 0 Å². The highest BCUT2D eigenvalue weighted by molar-refractivity contribution is 7.10. The number of rotatable bonds is 5. The van der Waals surface area contributed by atoms with Crippen LogP contribution in [0.4, 0.5) is 0 Å². The summed E-state index contributed by atoms with van der Waals surface area (Å²) in [5, 5.41) is 4.02. The zero-order valence-corrected chi connectivity index (χ0v) is 12.5. The van der Waals surface area contributed by atoms with E-state index in [4.69, 9.17) is 16.0 Å². The minimum atomic E-state index is 0.635. The molecule has 0 aliphatic heterocycles.